The molecule has 0 bridgehead atoms. The predicted molar refractivity (Wildman–Crippen MR) is 118 cm³/mol. The van der Waals surface area contributed by atoms with E-state index >= 15 is 0 Å². The molecule has 1 unspecified atom stereocenters. The number of anilines is 1. The number of nitrogens with two attached hydrogens (primary N) is 1. The van der Waals surface area contributed by atoms with Crippen molar-refractivity contribution in [2.24, 2.45) is 5.73 Å². The maximum absolute atomic E-state index is 12.5. The van der Waals surface area contributed by atoms with Crippen molar-refractivity contribution < 1.29 is 9.59 Å². The van der Waals surface area contributed by atoms with E-state index in [2.05, 4.69) is 15.6 Å². The van der Waals surface area contributed by atoms with Crippen LogP contribution in [0.3, 0.4) is 0 Å². The highest BCUT2D eigenvalue weighted by Crippen LogP contribution is 2.21. The number of benzene rings is 2. The summed E-state index contributed by atoms with van der Waals surface area (Å²) in [4.78, 5) is 28.8. The number of nitrogens with zero attached hydrogens (tertiary/aromatic N) is 1. The van der Waals surface area contributed by atoms with Crippen LogP contribution in [0.2, 0.25) is 0 Å². The van der Waals surface area contributed by atoms with Crippen LogP contribution in [0.25, 0.3) is 0 Å². The first-order valence-electron chi connectivity index (χ1n) is 9.78. The number of nitrogens with one attached hydrogen (secondary N) is 2. The summed E-state index contributed by atoms with van der Waals surface area (Å²) in [6, 6.07) is 19.7. The van der Waals surface area contributed by atoms with Crippen LogP contribution in [0.1, 0.15) is 47.8 Å². The molecule has 3 aromatic rings. The van der Waals surface area contributed by atoms with E-state index in [4.69, 9.17) is 5.73 Å². The summed E-state index contributed by atoms with van der Waals surface area (Å²) in [7, 11) is 0. The molecular formula is C24H26N4O2. The van der Waals surface area contributed by atoms with E-state index in [-0.39, 0.29) is 18.2 Å². The average Bonchev–Trinajstić information content (AvgIpc) is 2.74. The molecule has 0 aliphatic heterocycles. The minimum atomic E-state index is -0.493. The standard InChI is InChI=1S/C24H26N4O2/c1-24(2,19-6-4-3-5-7-19)28-22(29)16-21(25)17-8-10-18(11-9-17)23(30)27-20-12-14-26-15-13-20/h3-15,21H,16,25H2,1-2H3,(H,28,29)(H,26,27,30). The Balaban J connectivity index is 1.58. The summed E-state index contributed by atoms with van der Waals surface area (Å²) in [5.74, 6) is -0.348. The van der Waals surface area contributed by atoms with E-state index < -0.39 is 11.6 Å². The molecule has 1 atom stereocenters. The molecule has 0 fully saturated rings. The Kier molecular flexibility index (Phi) is 6.59. The number of hydrogen-bond acceptors (Lipinski definition) is 4. The van der Waals surface area contributed by atoms with Crippen LogP contribution in [0.4, 0.5) is 5.69 Å². The maximum Gasteiger partial charge on any atom is 0.255 e. The third kappa shape index (κ3) is 5.52. The molecule has 30 heavy (non-hydrogen) atoms. The van der Waals surface area contributed by atoms with Crippen molar-refractivity contribution in [2.45, 2.75) is 31.8 Å². The fourth-order valence-electron chi connectivity index (χ4n) is 3.16. The molecule has 0 aliphatic carbocycles. The van der Waals surface area contributed by atoms with Gasteiger partial charge in [0.2, 0.25) is 5.91 Å². The lowest BCUT2D eigenvalue weighted by Gasteiger charge is -2.27. The lowest BCUT2D eigenvalue weighted by Crippen LogP contribution is -2.42. The van der Waals surface area contributed by atoms with Gasteiger partial charge in [-0.1, -0.05) is 42.5 Å². The van der Waals surface area contributed by atoms with Crippen LogP contribution in [0, 0.1) is 0 Å². The molecule has 154 valence electrons. The summed E-state index contributed by atoms with van der Waals surface area (Å²) in [6.45, 7) is 3.92. The SMILES string of the molecule is CC(C)(NC(=O)CC(N)c1ccc(C(=O)Nc2ccncc2)cc1)c1ccccc1. The van der Waals surface area contributed by atoms with Crippen molar-refractivity contribution in [3.63, 3.8) is 0 Å². The Bertz CT molecular complexity index is 987. The number of aromatic nitrogens is 1. The molecule has 1 aromatic heterocycles. The molecule has 0 saturated heterocycles. The number of amides is 2. The highest BCUT2D eigenvalue weighted by molar-refractivity contribution is 6.04. The molecular weight excluding hydrogens is 376 g/mol. The van der Waals surface area contributed by atoms with E-state index in [1.807, 2.05) is 44.2 Å². The van der Waals surface area contributed by atoms with Crippen molar-refractivity contribution in [1.82, 2.24) is 10.3 Å². The van der Waals surface area contributed by atoms with Crippen molar-refractivity contribution in [3.05, 3.63) is 95.8 Å². The van der Waals surface area contributed by atoms with Crippen molar-refractivity contribution in [2.75, 3.05) is 5.32 Å². The van der Waals surface area contributed by atoms with E-state index in [0.717, 1.165) is 11.1 Å². The van der Waals surface area contributed by atoms with Gasteiger partial charge in [-0.25, -0.2) is 0 Å². The third-order valence-electron chi connectivity index (χ3n) is 4.89. The minimum Gasteiger partial charge on any atom is -0.347 e. The van der Waals surface area contributed by atoms with Crippen LogP contribution in [-0.2, 0) is 10.3 Å². The average molecular weight is 402 g/mol. The Morgan fingerprint density at radius 3 is 2.23 bits per heavy atom. The molecule has 6 heteroatoms. The molecule has 3 rings (SSSR count). The number of carbonyl (C=O) groups is 2. The number of carbonyl (C=O) groups excluding carboxylic acids is 2. The minimum absolute atomic E-state index is 0.129. The number of pyridine rings is 1. The summed E-state index contributed by atoms with van der Waals surface area (Å²) in [6.07, 6.45) is 3.38. The first-order chi connectivity index (χ1) is 14.3. The zero-order chi connectivity index (χ0) is 21.6. The number of hydrogen-bond donors (Lipinski definition) is 3. The van der Waals surface area contributed by atoms with Crippen LogP contribution in [-0.4, -0.2) is 16.8 Å². The lowest BCUT2D eigenvalue weighted by atomic mass is 9.93. The van der Waals surface area contributed by atoms with Gasteiger partial charge in [-0.3, -0.25) is 14.6 Å². The molecule has 0 spiro atoms. The van der Waals surface area contributed by atoms with Gasteiger partial charge in [0.1, 0.15) is 0 Å². The van der Waals surface area contributed by atoms with Crippen LogP contribution in [0.5, 0.6) is 0 Å². The van der Waals surface area contributed by atoms with E-state index in [0.29, 0.717) is 11.3 Å². The van der Waals surface area contributed by atoms with Gasteiger partial charge < -0.3 is 16.4 Å². The van der Waals surface area contributed by atoms with Gasteiger partial charge in [0.05, 0.1) is 5.54 Å². The number of rotatable bonds is 7. The molecule has 4 N–H and O–H groups in total. The summed E-state index contributed by atoms with van der Waals surface area (Å²) >= 11 is 0. The molecule has 6 nitrogen and oxygen atoms in total. The van der Waals surface area contributed by atoms with Gasteiger partial charge in [-0.05, 0) is 49.2 Å². The second-order valence-electron chi connectivity index (χ2n) is 7.66. The van der Waals surface area contributed by atoms with Gasteiger partial charge in [-0.2, -0.15) is 0 Å². The lowest BCUT2D eigenvalue weighted by molar-refractivity contribution is -0.123. The summed E-state index contributed by atoms with van der Waals surface area (Å²) in [5, 5.41) is 5.85. The maximum atomic E-state index is 12.5. The Labute approximate surface area is 176 Å². The molecule has 0 radical (unpaired) electrons. The van der Waals surface area contributed by atoms with Gasteiger partial charge in [-0.15, -0.1) is 0 Å². The quantitative estimate of drug-likeness (QED) is 0.560. The predicted octanol–water partition coefficient (Wildman–Crippen LogP) is 3.78. The zero-order valence-corrected chi connectivity index (χ0v) is 17.1. The zero-order valence-electron chi connectivity index (χ0n) is 17.1. The van der Waals surface area contributed by atoms with Crippen LogP contribution < -0.4 is 16.4 Å². The topological polar surface area (TPSA) is 97.1 Å². The van der Waals surface area contributed by atoms with Crippen molar-refractivity contribution in [3.8, 4) is 0 Å². The van der Waals surface area contributed by atoms with Gasteiger partial charge >= 0.3 is 0 Å². The highest BCUT2D eigenvalue weighted by atomic mass is 16.2. The van der Waals surface area contributed by atoms with Gasteiger partial charge in [0.25, 0.3) is 5.91 Å². The monoisotopic (exact) mass is 402 g/mol. The van der Waals surface area contributed by atoms with Crippen molar-refractivity contribution >= 4 is 17.5 Å². The first kappa shape index (κ1) is 21.2. The second kappa shape index (κ2) is 9.33. The van der Waals surface area contributed by atoms with Gasteiger partial charge in [0.15, 0.2) is 0 Å². The van der Waals surface area contributed by atoms with E-state index in [9.17, 15) is 9.59 Å². The normalized spacial score (nSPS) is 12.1. The molecule has 2 aromatic carbocycles. The van der Waals surface area contributed by atoms with Crippen molar-refractivity contribution in [1.29, 1.82) is 0 Å². The van der Waals surface area contributed by atoms with E-state index in [1.54, 1.807) is 48.8 Å². The Hall–Kier alpha value is -3.51. The van der Waals surface area contributed by atoms with Gasteiger partial charge in [0, 0.05) is 36.1 Å². The van der Waals surface area contributed by atoms with Crippen LogP contribution in [0.15, 0.2) is 79.1 Å². The molecule has 0 aliphatic rings. The highest BCUT2D eigenvalue weighted by Gasteiger charge is 2.23. The second-order valence-corrected chi connectivity index (χ2v) is 7.66. The fraction of sp³-hybridized carbons (Fsp3) is 0.208. The first-order valence-corrected chi connectivity index (χ1v) is 9.78. The van der Waals surface area contributed by atoms with Crippen LogP contribution >= 0.6 is 0 Å². The third-order valence-corrected chi connectivity index (χ3v) is 4.89. The summed E-state index contributed by atoms with van der Waals surface area (Å²) in [5.41, 5.74) is 8.75. The smallest absolute Gasteiger partial charge is 0.255 e. The molecule has 2 amide bonds. The largest absolute Gasteiger partial charge is 0.347 e. The Morgan fingerprint density at radius 2 is 1.60 bits per heavy atom. The van der Waals surface area contributed by atoms with E-state index in [1.165, 1.54) is 0 Å². The Morgan fingerprint density at radius 1 is 0.967 bits per heavy atom. The fourth-order valence-corrected chi connectivity index (χ4v) is 3.16. The molecule has 0 saturated carbocycles. The summed E-state index contributed by atoms with van der Waals surface area (Å²) < 4.78 is 0. The molecule has 1 heterocycles.